The van der Waals surface area contributed by atoms with E-state index < -0.39 is 5.82 Å². The molecule has 5 rings (SSSR count). The Morgan fingerprint density at radius 3 is 2.67 bits per heavy atom. The Morgan fingerprint density at radius 1 is 1.15 bits per heavy atom. The van der Waals surface area contributed by atoms with Gasteiger partial charge in [0.2, 0.25) is 11.7 Å². The minimum Gasteiger partial charge on any atom is -0.337 e. The van der Waals surface area contributed by atoms with Crippen LogP contribution in [0.15, 0.2) is 59.1 Å². The molecular weight excluding hydrogens is 421 g/mol. The Bertz CT molecular complexity index is 1300. The van der Waals surface area contributed by atoms with Crippen LogP contribution in [0.1, 0.15) is 36.1 Å². The molecule has 4 aromatic rings. The molecule has 0 N–H and O–H groups in total. The lowest BCUT2D eigenvalue weighted by Crippen LogP contribution is -2.39. The molecule has 0 radical (unpaired) electrons. The summed E-state index contributed by atoms with van der Waals surface area (Å²) < 4.78 is 21.4. The molecule has 1 amide bonds. The number of carbonyl (C=O) groups is 1. The highest BCUT2D eigenvalue weighted by atomic mass is 19.1. The molecular formula is C25H24FN5O2. The topological polar surface area (TPSA) is 77.1 Å². The van der Waals surface area contributed by atoms with E-state index in [2.05, 4.69) is 15.2 Å². The molecule has 1 aliphatic heterocycles. The molecule has 0 saturated heterocycles. The van der Waals surface area contributed by atoms with Gasteiger partial charge in [0, 0.05) is 37.8 Å². The lowest BCUT2D eigenvalue weighted by Gasteiger charge is -2.30. The zero-order valence-electron chi connectivity index (χ0n) is 18.5. The fourth-order valence-electron chi connectivity index (χ4n) is 4.48. The van der Waals surface area contributed by atoms with Crippen LogP contribution in [-0.4, -0.2) is 37.3 Å². The number of halogens is 1. The molecule has 8 heteroatoms. The minimum absolute atomic E-state index is 0.0988. The second kappa shape index (κ2) is 8.61. The zero-order chi connectivity index (χ0) is 22.9. The van der Waals surface area contributed by atoms with Crippen molar-refractivity contribution in [2.75, 3.05) is 6.54 Å². The Kier molecular flexibility index (Phi) is 5.50. The maximum Gasteiger partial charge on any atom is 0.279 e. The third kappa shape index (κ3) is 3.82. The van der Waals surface area contributed by atoms with Gasteiger partial charge in [0.1, 0.15) is 5.82 Å². The zero-order valence-corrected chi connectivity index (χ0v) is 18.5. The quantitative estimate of drug-likeness (QED) is 0.456. The summed E-state index contributed by atoms with van der Waals surface area (Å²) in [6, 6.07) is 16.2. The number of fused-ring (bicyclic) bond motifs is 1. The van der Waals surface area contributed by atoms with Crippen molar-refractivity contribution in [3.63, 3.8) is 0 Å². The largest absolute Gasteiger partial charge is 0.337 e. The predicted octanol–water partition coefficient (Wildman–Crippen LogP) is 4.35. The fraction of sp³-hybridized carbons (Fsp3) is 0.280. The molecule has 2 aromatic carbocycles. The van der Waals surface area contributed by atoms with E-state index in [1.165, 1.54) is 6.07 Å². The number of benzene rings is 2. The smallest absolute Gasteiger partial charge is 0.279 e. The first-order chi connectivity index (χ1) is 16.1. The number of aryl methyl sites for hydroxylation is 1. The number of hydrogen-bond donors (Lipinski definition) is 0. The van der Waals surface area contributed by atoms with E-state index in [4.69, 9.17) is 4.52 Å². The van der Waals surface area contributed by atoms with E-state index in [0.29, 0.717) is 25.2 Å². The van der Waals surface area contributed by atoms with Gasteiger partial charge in [0.05, 0.1) is 11.5 Å². The van der Waals surface area contributed by atoms with Gasteiger partial charge in [0.15, 0.2) is 5.69 Å². The lowest BCUT2D eigenvalue weighted by atomic mass is 9.93. The first kappa shape index (κ1) is 21.1. The molecule has 0 aliphatic carbocycles. The van der Waals surface area contributed by atoms with E-state index in [1.54, 1.807) is 22.9 Å². The Balaban J connectivity index is 1.45. The van der Waals surface area contributed by atoms with Crippen molar-refractivity contribution in [2.45, 2.75) is 32.2 Å². The molecule has 168 valence electrons. The molecule has 0 fully saturated rings. The van der Waals surface area contributed by atoms with Gasteiger partial charge in [-0.25, -0.2) is 4.39 Å². The molecule has 2 aromatic heterocycles. The van der Waals surface area contributed by atoms with Crippen molar-refractivity contribution < 1.29 is 13.7 Å². The van der Waals surface area contributed by atoms with Gasteiger partial charge in [0.25, 0.3) is 5.89 Å². The number of carbonyl (C=O) groups excluding carboxylic acids is 1. The third-order valence-electron chi connectivity index (χ3n) is 6.21. The molecule has 7 nitrogen and oxygen atoms in total. The van der Waals surface area contributed by atoms with Gasteiger partial charge in [-0.1, -0.05) is 54.5 Å². The van der Waals surface area contributed by atoms with Gasteiger partial charge in [-0.15, -0.1) is 0 Å². The van der Waals surface area contributed by atoms with Crippen molar-refractivity contribution >= 4 is 5.91 Å². The molecule has 3 heterocycles. The third-order valence-corrected chi connectivity index (χ3v) is 6.21. The number of amides is 1. The number of hydrogen-bond acceptors (Lipinski definition) is 5. The Hall–Kier alpha value is -3.81. The van der Waals surface area contributed by atoms with Crippen LogP contribution in [0.2, 0.25) is 0 Å². The number of rotatable bonds is 5. The SMILES string of the molecule is CC[C@@H](C(=O)N1CCc2c(c(-c3nc(-c4ccccc4F)no3)nn2C)C1)c1ccccc1. The molecule has 1 aliphatic rings. The molecule has 1 atom stereocenters. The van der Waals surface area contributed by atoms with Crippen LogP contribution in [0, 0.1) is 5.82 Å². The average molecular weight is 445 g/mol. The summed E-state index contributed by atoms with van der Waals surface area (Å²) in [6.45, 7) is 3.07. The maximum absolute atomic E-state index is 14.2. The van der Waals surface area contributed by atoms with E-state index >= 15 is 0 Å². The standard InChI is InChI=1S/C25H24FN5O2/c1-3-17(16-9-5-4-6-10-16)25(32)31-14-13-21-19(15-31)22(28-30(21)2)24-27-23(29-33-24)18-11-7-8-12-20(18)26/h4-12,17H,3,13-15H2,1-2H3/t17-/m1/s1. The molecule has 0 bridgehead atoms. The average Bonchev–Trinajstić information content (AvgIpc) is 3.45. The van der Waals surface area contributed by atoms with Crippen molar-refractivity contribution in [1.82, 2.24) is 24.8 Å². The fourth-order valence-corrected chi connectivity index (χ4v) is 4.48. The van der Waals surface area contributed by atoms with Crippen LogP contribution in [0.25, 0.3) is 23.0 Å². The van der Waals surface area contributed by atoms with Crippen molar-refractivity contribution in [2.24, 2.45) is 7.05 Å². The van der Waals surface area contributed by atoms with Crippen LogP contribution < -0.4 is 0 Å². The molecule has 33 heavy (non-hydrogen) atoms. The van der Waals surface area contributed by atoms with Crippen molar-refractivity contribution in [3.8, 4) is 23.0 Å². The van der Waals surface area contributed by atoms with Crippen LogP contribution in [0.5, 0.6) is 0 Å². The van der Waals surface area contributed by atoms with Crippen molar-refractivity contribution in [3.05, 3.63) is 77.2 Å². The van der Waals surface area contributed by atoms with Crippen molar-refractivity contribution in [1.29, 1.82) is 0 Å². The Morgan fingerprint density at radius 2 is 1.91 bits per heavy atom. The first-order valence-electron chi connectivity index (χ1n) is 11.0. The van der Waals surface area contributed by atoms with Crippen LogP contribution in [0.3, 0.4) is 0 Å². The highest BCUT2D eigenvalue weighted by Gasteiger charge is 2.32. The summed E-state index contributed by atoms with van der Waals surface area (Å²) in [5.41, 5.74) is 3.75. The highest BCUT2D eigenvalue weighted by molar-refractivity contribution is 5.84. The van der Waals surface area contributed by atoms with E-state index in [-0.39, 0.29) is 29.1 Å². The van der Waals surface area contributed by atoms with Gasteiger partial charge < -0.3 is 9.42 Å². The summed E-state index contributed by atoms with van der Waals surface area (Å²) >= 11 is 0. The maximum atomic E-state index is 14.2. The Labute approximate surface area is 190 Å². The van der Waals surface area contributed by atoms with Gasteiger partial charge >= 0.3 is 0 Å². The molecule has 0 unspecified atom stereocenters. The van der Waals surface area contributed by atoms with Crippen LogP contribution in [-0.2, 0) is 24.8 Å². The summed E-state index contributed by atoms with van der Waals surface area (Å²) in [6.07, 6.45) is 1.41. The number of aromatic nitrogens is 4. The number of nitrogens with zero attached hydrogens (tertiary/aromatic N) is 5. The lowest BCUT2D eigenvalue weighted by molar-refractivity contribution is -0.133. The van der Waals surface area contributed by atoms with Gasteiger partial charge in [-0.2, -0.15) is 10.1 Å². The second-order valence-electron chi connectivity index (χ2n) is 8.18. The minimum atomic E-state index is -0.420. The monoisotopic (exact) mass is 445 g/mol. The van der Waals surface area contributed by atoms with E-state index in [0.717, 1.165) is 23.2 Å². The molecule has 0 spiro atoms. The summed E-state index contributed by atoms with van der Waals surface area (Å²) in [5, 5.41) is 8.56. The van der Waals surface area contributed by atoms with E-state index in [9.17, 15) is 9.18 Å². The summed E-state index contributed by atoms with van der Waals surface area (Å²) in [4.78, 5) is 19.7. The van der Waals surface area contributed by atoms with Crippen LogP contribution >= 0.6 is 0 Å². The predicted molar refractivity (Wildman–Crippen MR) is 120 cm³/mol. The highest BCUT2D eigenvalue weighted by Crippen LogP contribution is 2.32. The first-order valence-corrected chi connectivity index (χ1v) is 11.0. The van der Waals surface area contributed by atoms with Gasteiger partial charge in [-0.05, 0) is 24.1 Å². The van der Waals surface area contributed by atoms with Gasteiger partial charge in [-0.3, -0.25) is 9.48 Å². The van der Waals surface area contributed by atoms with E-state index in [1.807, 2.05) is 49.2 Å². The summed E-state index contributed by atoms with van der Waals surface area (Å²) in [7, 11) is 1.87. The molecule has 0 saturated carbocycles. The second-order valence-corrected chi connectivity index (χ2v) is 8.18. The summed E-state index contributed by atoms with van der Waals surface area (Å²) in [5.74, 6) is -0.127. The van der Waals surface area contributed by atoms with Crippen LogP contribution in [0.4, 0.5) is 4.39 Å². The normalized spacial score (nSPS) is 14.2.